The number of benzene rings is 8. The molecular formula is C46H29NS2. The molecule has 10 rings (SSSR count). The summed E-state index contributed by atoms with van der Waals surface area (Å²) in [4.78, 5) is 2.47. The summed E-state index contributed by atoms with van der Waals surface area (Å²) in [5, 5.41) is 7.67. The highest BCUT2D eigenvalue weighted by Gasteiger charge is 2.21. The summed E-state index contributed by atoms with van der Waals surface area (Å²) in [7, 11) is 0. The van der Waals surface area contributed by atoms with Crippen molar-refractivity contribution < 1.29 is 0 Å². The van der Waals surface area contributed by atoms with Gasteiger partial charge in [-0.05, 0) is 76.0 Å². The van der Waals surface area contributed by atoms with E-state index in [0.29, 0.717) is 0 Å². The Morgan fingerprint density at radius 2 is 1.02 bits per heavy atom. The highest BCUT2D eigenvalue weighted by atomic mass is 32.1. The molecule has 0 N–H and O–H groups in total. The molecule has 0 amide bonds. The second-order valence-corrected chi connectivity index (χ2v) is 14.6. The maximum absolute atomic E-state index is 2.47. The molecule has 10 aromatic rings. The minimum atomic E-state index is 1.13. The van der Waals surface area contributed by atoms with Gasteiger partial charge >= 0.3 is 0 Å². The van der Waals surface area contributed by atoms with Gasteiger partial charge in [0.15, 0.2) is 0 Å². The van der Waals surface area contributed by atoms with Crippen LogP contribution in [0, 0.1) is 0 Å². The molecule has 0 fully saturated rings. The van der Waals surface area contributed by atoms with Crippen molar-refractivity contribution in [2.75, 3.05) is 4.90 Å². The minimum Gasteiger partial charge on any atom is -0.310 e. The first kappa shape index (κ1) is 28.3. The van der Waals surface area contributed by atoms with Crippen LogP contribution in [0.4, 0.5) is 17.1 Å². The van der Waals surface area contributed by atoms with E-state index in [1.54, 1.807) is 0 Å². The maximum atomic E-state index is 2.47. The topological polar surface area (TPSA) is 3.24 Å². The third-order valence-electron chi connectivity index (χ3n) is 9.65. The SMILES string of the molecule is c1ccc(-c2ccc(N(c3ccc4ccccc4c3)c3cccc4sc5ccccc5c34)cc2-c2cccc3c2sc2ccccc23)cc1. The quantitative estimate of drug-likeness (QED) is 0.178. The van der Waals surface area contributed by atoms with Crippen molar-refractivity contribution in [2.45, 2.75) is 0 Å². The Morgan fingerprint density at radius 3 is 1.90 bits per heavy atom. The first-order valence-corrected chi connectivity index (χ1v) is 18.2. The first-order valence-electron chi connectivity index (χ1n) is 16.6. The number of rotatable bonds is 5. The molecule has 8 aromatic carbocycles. The Labute approximate surface area is 292 Å². The van der Waals surface area contributed by atoms with Crippen LogP contribution in [0.25, 0.3) is 73.4 Å². The van der Waals surface area contributed by atoms with Crippen LogP contribution in [0.5, 0.6) is 0 Å². The summed E-state index contributed by atoms with van der Waals surface area (Å²) < 4.78 is 5.23. The highest BCUT2D eigenvalue weighted by molar-refractivity contribution is 7.26. The number of hydrogen-bond acceptors (Lipinski definition) is 3. The van der Waals surface area contributed by atoms with Crippen molar-refractivity contribution in [3.63, 3.8) is 0 Å². The molecule has 0 bridgehead atoms. The molecule has 3 heteroatoms. The summed E-state index contributed by atoms with van der Waals surface area (Å²) in [6.07, 6.45) is 0. The van der Waals surface area contributed by atoms with Gasteiger partial charge in [-0.3, -0.25) is 0 Å². The lowest BCUT2D eigenvalue weighted by molar-refractivity contribution is 1.31. The van der Waals surface area contributed by atoms with Crippen molar-refractivity contribution in [3.8, 4) is 22.3 Å². The molecule has 0 aliphatic heterocycles. The van der Waals surface area contributed by atoms with Gasteiger partial charge < -0.3 is 4.90 Å². The third kappa shape index (κ3) is 4.66. The second-order valence-electron chi connectivity index (χ2n) is 12.5. The first-order chi connectivity index (χ1) is 24.3. The molecule has 0 unspecified atom stereocenters. The zero-order chi connectivity index (χ0) is 32.3. The van der Waals surface area contributed by atoms with Gasteiger partial charge in [0.05, 0.1) is 5.69 Å². The number of anilines is 3. The molecule has 2 aromatic heterocycles. The van der Waals surface area contributed by atoms with Crippen molar-refractivity contribution in [3.05, 3.63) is 176 Å². The predicted octanol–water partition coefficient (Wildman–Crippen LogP) is 14.4. The van der Waals surface area contributed by atoms with Gasteiger partial charge in [-0.25, -0.2) is 0 Å². The van der Waals surface area contributed by atoms with Gasteiger partial charge in [-0.2, -0.15) is 0 Å². The molecule has 0 saturated carbocycles. The molecule has 49 heavy (non-hydrogen) atoms. The van der Waals surface area contributed by atoms with Crippen LogP contribution in [0.3, 0.4) is 0 Å². The Balaban J connectivity index is 1.28. The van der Waals surface area contributed by atoms with E-state index in [2.05, 4.69) is 181 Å². The number of nitrogens with zero attached hydrogens (tertiary/aromatic N) is 1. The Kier molecular flexibility index (Phi) is 6.61. The molecule has 0 radical (unpaired) electrons. The second kappa shape index (κ2) is 11.5. The smallest absolute Gasteiger partial charge is 0.0554 e. The molecule has 2 heterocycles. The normalized spacial score (nSPS) is 11.7. The van der Waals surface area contributed by atoms with E-state index in [1.165, 1.54) is 79.1 Å². The fourth-order valence-electron chi connectivity index (χ4n) is 7.41. The van der Waals surface area contributed by atoms with E-state index in [-0.39, 0.29) is 0 Å². The van der Waals surface area contributed by atoms with Gasteiger partial charge in [-0.1, -0.05) is 127 Å². The predicted molar refractivity (Wildman–Crippen MR) is 215 cm³/mol. The van der Waals surface area contributed by atoms with Gasteiger partial charge in [0.25, 0.3) is 0 Å². The van der Waals surface area contributed by atoms with Crippen LogP contribution in [0.1, 0.15) is 0 Å². The average molecular weight is 660 g/mol. The number of hydrogen-bond donors (Lipinski definition) is 0. The van der Waals surface area contributed by atoms with Gasteiger partial charge in [0.1, 0.15) is 0 Å². The lowest BCUT2D eigenvalue weighted by atomic mass is 9.92. The largest absolute Gasteiger partial charge is 0.310 e. The van der Waals surface area contributed by atoms with Crippen molar-refractivity contribution >= 4 is 90.9 Å². The number of thiophene rings is 2. The van der Waals surface area contributed by atoms with E-state index < -0.39 is 0 Å². The van der Waals surface area contributed by atoms with Crippen molar-refractivity contribution in [1.82, 2.24) is 0 Å². The molecule has 0 atom stereocenters. The summed E-state index contributed by atoms with van der Waals surface area (Å²) in [5.41, 5.74) is 8.39. The van der Waals surface area contributed by atoms with Crippen LogP contribution >= 0.6 is 22.7 Å². The zero-order valence-corrected chi connectivity index (χ0v) is 28.1. The van der Waals surface area contributed by atoms with Gasteiger partial charge in [0, 0.05) is 57.3 Å². The fourth-order valence-corrected chi connectivity index (χ4v) is 9.77. The van der Waals surface area contributed by atoms with E-state index in [9.17, 15) is 0 Å². The third-order valence-corrected chi connectivity index (χ3v) is 12.0. The average Bonchev–Trinajstić information content (AvgIpc) is 3.74. The zero-order valence-electron chi connectivity index (χ0n) is 26.5. The molecular weight excluding hydrogens is 631 g/mol. The monoisotopic (exact) mass is 659 g/mol. The van der Waals surface area contributed by atoms with Crippen molar-refractivity contribution in [2.24, 2.45) is 0 Å². The van der Waals surface area contributed by atoms with Gasteiger partial charge in [-0.15, -0.1) is 22.7 Å². The molecule has 0 aliphatic rings. The minimum absolute atomic E-state index is 1.13. The summed E-state index contributed by atoms with van der Waals surface area (Å²) >= 11 is 3.75. The van der Waals surface area contributed by atoms with Crippen LogP contribution < -0.4 is 4.90 Å². The Bertz CT molecular complexity index is 2840. The van der Waals surface area contributed by atoms with Crippen LogP contribution in [0.2, 0.25) is 0 Å². The Morgan fingerprint density at radius 1 is 0.367 bits per heavy atom. The number of fused-ring (bicyclic) bond motifs is 7. The lowest BCUT2D eigenvalue weighted by Gasteiger charge is -2.28. The van der Waals surface area contributed by atoms with Gasteiger partial charge in [0.2, 0.25) is 0 Å². The van der Waals surface area contributed by atoms with Crippen LogP contribution in [0.15, 0.2) is 176 Å². The van der Waals surface area contributed by atoms with Crippen LogP contribution in [-0.4, -0.2) is 0 Å². The van der Waals surface area contributed by atoms with Crippen molar-refractivity contribution in [1.29, 1.82) is 0 Å². The molecule has 0 saturated heterocycles. The lowest BCUT2D eigenvalue weighted by Crippen LogP contribution is -2.10. The van der Waals surface area contributed by atoms with E-state index in [4.69, 9.17) is 0 Å². The summed E-state index contributed by atoms with van der Waals surface area (Å²) in [6, 6.07) is 64.5. The Hall–Kier alpha value is -5.74. The summed E-state index contributed by atoms with van der Waals surface area (Å²) in [6.45, 7) is 0. The molecule has 0 spiro atoms. The summed E-state index contributed by atoms with van der Waals surface area (Å²) in [5.74, 6) is 0. The standard InChI is InChI=1S/C46H29NS2/c1-2-13-31(14-3-1)35-27-26-34(29-40(35)38-19-10-18-37-36-16-6-8-21-42(36)49-46(37)38)47(33-25-24-30-12-4-5-15-32(30)28-33)41-20-11-23-44-45(41)39-17-7-9-22-43(39)48-44/h1-29H. The van der Waals surface area contributed by atoms with E-state index in [1.807, 2.05) is 22.7 Å². The van der Waals surface area contributed by atoms with E-state index in [0.717, 1.165) is 11.4 Å². The maximum Gasteiger partial charge on any atom is 0.0554 e. The van der Waals surface area contributed by atoms with E-state index >= 15 is 0 Å². The fraction of sp³-hybridized carbons (Fsp3) is 0. The highest BCUT2D eigenvalue weighted by Crippen LogP contribution is 2.48. The molecule has 0 aliphatic carbocycles. The molecule has 1 nitrogen and oxygen atoms in total. The van der Waals surface area contributed by atoms with Crippen LogP contribution in [-0.2, 0) is 0 Å². The molecule has 230 valence electrons.